The quantitative estimate of drug-likeness (QED) is 0.528. The van der Waals surface area contributed by atoms with Gasteiger partial charge in [0.25, 0.3) is 5.91 Å². The van der Waals surface area contributed by atoms with Gasteiger partial charge in [-0.25, -0.2) is 17.7 Å². The van der Waals surface area contributed by atoms with Crippen molar-refractivity contribution < 1.29 is 13.2 Å². The number of imidazole rings is 1. The van der Waals surface area contributed by atoms with Gasteiger partial charge in [0.2, 0.25) is 16.0 Å². The van der Waals surface area contributed by atoms with Gasteiger partial charge >= 0.3 is 0 Å². The monoisotopic (exact) mass is 461 g/mol. The Kier molecular flexibility index (Phi) is 3.66. The molecule has 1 amide bonds. The molecule has 1 saturated carbocycles. The number of fused-ring (bicyclic) bond motifs is 4. The summed E-state index contributed by atoms with van der Waals surface area (Å²) >= 11 is 0. The molecule has 0 bridgehead atoms. The van der Waals surface area contributed by atoms with E-state index in [1.807, 2.05) is 12.1 Å². The van der Waals surface area contributed by atoms with Crippen molar-refractivity contribution in [2.24, 2.45) is 0 Å². The zero-order chi connectivity index (χ0) is 23.2. The lowest BCUT2D eigenvalue weighted by Gasteiger charge is -2.54. The van der Waals surface area contributed by atoms with Gasteiger partial charge < -0.3 is 15.0 Å². The molecular formula is C22H19N7O3S. The topological polar surface area (TPSA) is 143 Å². The smallest absolute Gasteiger partial charge is 0.275 e. The Morgan fingerprint density at radius 3 is 2.82 bits per heavy atom. The molecule has 33 heavy (non-hydrogen) atoms. The Labute approximate surface area is 189 Å². The Hall–Kier alpha value is -3.91. The van der Waals surface area contributed by atoms with E-state index < -0.39 is 26.2 Å². The van der Waals surface area contributed by atoms with Crippen molar-refractivity contribution in [2.75, 3.05) is 12.4 Å². The number of pyridine rings is 1. The van der Waals surface area contributed by atoms with Crippen LogP contribution in [0.5, 0.6) is 0 Å². The van der Waals surface area contributed by atoms with Crippen LogP contribution in [0.4, 0.5) is 5.69 Å². The lowest BCUT2D eigenvalue weighted by atomic mass is 9.67. The summed E-state index contributed by atoms with van der Waals surface area (Å²) in [4.78, 5) is 17.2. The van der Waals surface area contributed by atoms with E-state index in [4.69, 9.17) is 10.7 Å². The zero-order valence-corrected chi connectivity index (χ0v) is 18.4. The minimum Gasteiger partial charge on any atom is -0.344 e. The highest BCUT2D eigenvalue weighted by atomic mass is 32.2. The number of nitrogens with one attached hydrogen (secondary N) is 3. The van der Waals surface area contributed by atoms with E-state index in [1.165, 1.54) is 7.05 Å². The number of nitriles is 1. The van der Waals surface area contributed by atoms with Gasteiger partial charge in [-0.1, -0.05) is 6.07 Å². The first-order valence-electron chi connectivity index (χ1n) is 10.4. The third-order valence-corrected chi connectivity index (χ3v) is 9.74. The lowest BCUT2D eigenvalue weighted by Crippen LogP contribution is -2.72. The number of guanidine groups is 1. The van der Waals surface area contributed by atoms with Crippen LogP contribution in [-0.2, 0) is 22.0 Å². The van der Waals surface area contributed by atoms with Crippen molar-refractivity contribution in [3.63, 3.8) is 0 Å². The summed E-state index contributed by atoms with van der Waals surface area (Å²) in [7, 11) is -2.26. The predicted octanol–water partition coefficient (Wildman–Crippen LogP) is 1.54. The van der Waals surface area contributed by atoms with E-state index in [0.717, 1.165) is 15.4 Å². The van der Waals surface area contributed by atoms with Crippen LogP contribution >= 0.6 is 0 Å². The van der Waals surface area contributed by atoms with Crippen LogP contribution in [0, 0.1) is 16.7 Å². The molecule has 10 nitrogen and oxygen atoms in total. The first kappa shape index (κ1) is 19.8. The molecule has 2 fully saturated rings. The summed E-state index contributed by atoms with van der Waals surface area (Å²) in [6, 6.07) is 10.7. The molecule has 1 saturated heterocycles. The highest BCUT2D eigenvalue weighted by molar-refractivity contribution is 7.91. The van der Waals surface area contributed by atoms with E-state index in [9.17, 15) is 13.2 Å². The van der Waals surface area contributed by atoms with Crippen molar-refractivity contribution in [1.82, 2.24) is 19.0 Å². The van der Waals surface area contributed by atoms with Gasteiger partial charge in [0.1, 0.15) is 16.1 Å². The Bertz CT molecular complexity index is 1550. The zero-order valence-electron chi connectivity index (χ0n) is 17.6. The van der Waals surface area contributed by atoms with E-state index in [-0.39, 0.29) is 11.7 Å². The molecule has 11 heteroatoms. The molecule has 166 valence electrons. The number of anilines is 1. The summed E-state index contributed by atoms with van der Waals surface area (Å²) in [6.45, 7) is 0. The molecular weight excluding hydrogens is 442 g/mol. The molecule has 3 aromatic rings. The average Bonchev–Trinajstić information content (AvgIpc) is 3.49. The number of carbonyl (C=O) groups excluding carboxylic acids is 1. The second-order valence-electron chi connectivity index (χ2n) is 8.77. The fraction of sp³-hybridized carbons (Fsp3) is 0.273. The van der Waals surface area contributed by atoms with Crippen LogP contribution in [0.3, 0.4) is 0 Å². The first-order valence-corrected chi connectivity index (χ1v) is 11.8. The molecule has 6 rings (SSSR count). The second-order valence-corrected chi connectivity index (χ2v) is 11.0. The van der Waals surface area contributed by atoms with E-state index in [1.54, 1.807) is 41.1 Å². The minimum atomic E-state index is -3.67. The van der Waals surface area contributed by atoms with E-state index in [0.29, 0.717) is 36.2 Å². The molecule has 0 radical (unpaired) electrons. The van der Waals surface area contributed by atoms with Crippen LogP contribution in [0.15, 0.2) is 42.7 Å². The molecule has 1 aliphatic heterocycles. The van der Waals surface area contributed by atoms with Crippen molar-refractivity contribution in [1.29, 1.82) is 10.7 Å². The summed E-state index contributed by atoms with van der Waals surface area (Å²) in [6.07, 6.45) is 4.83. The molecule has 2 aliphatic carbocycles. The maximum Gasteiger partial charge on any atom is 0.275 e. The third-order valence-electron chi connectivity index (χ3n) is 7.09. The minimum absolute atomic E-state index is 0.144. The normalized spacial score (nSPS) is 23.5. The number of nitrogens with zero attached hydrogens (tertiary/aromatic N) is 4. The fourth-order valence-corrected chi connectivity index (χ4v) is 7.25. The lowest BCUT2D eigenvalue weighted by molar-refractivity contribution is 0.102. The van der Waals surface area contributed by atoms with Crippen LogP contribution in [0.25, 0.3) is 5.65 Å². The standard InChI is InChI=1S/C22H19N7O3S/c1-28-20(24)27-22(21(5-6-21)33(28,31)32)10-14-2-3-15(9-16(14)22)25-19(30)17-12-29-7-4-13(11-23)8-18(29)26-17/h2-4,7-9,12H,5-6,10H2,1H3,(H2,24,27)(H,25,30)/t22-/m1/s1. The van der Waals surface area contributed by atoms with Gasteiger partial charge in [0, 0.05) is 31.5 Å². The largest absolute Gasteiger partial charge is 0.344 e. The average molecular weight is 462 g/mol. The van der Waals surface area contributed by atoms with Crippen molar-refractivity contribution >= 4 is 33.2 Å². The number of carbonyl (C=O) groups is 1. The SMILES string of the molecule is CN1C(=N)N[C@@]2(Cc3ccc(NC(=O)c4cn5ccc(C#N)cc5n4)cc32)C2(CC2)S1(=O)=O. The van der Waals surface area contributed by atoms with Crippen molar-refractivity contribution in [2.45, 2.75) is 29.5 Å². The van der Waals surface area contributed by atoms with E-state index >= 15 is 0 Å². The van der Waals surface area contributed by atoms with Crippen LogP contribution in [0.2, 0.25) is 0 Å². The highest BCUT2D eigenvalue weighted by Gasteiger charge is 2.75. The summed E-state index contributed by atoms with van der Waals surface area (Å²) < 4.78 is 28.0. The third kappa shape index (κ3) is 2.41. The number of benzene rings is 1. The van der Waals surface area contributed by atoms with Gasteiger partial charge in [0.15, 0.2) is 0 Å². The summed E-state index contributed by atoms with van der Waals surface area (Å²) in [5, 5.41) is 23.2. The van der Waals surface area contributed by atoms with Gasteiger partial charge in [-0.2, -0.15) is 5.26 Å². The number of rotatable bonds is 2. The molecule has 1 atom stereocenters. The number of hydrogen-bond donors (Lipinski definition) is 3. The summed E-state index contributed by atoms with van der Waals surface area (Å²) in [5.41, 5.74) is 2.60. The number of sulfonamides is 1. The number of hydrogen-bond acceptors (Lipinski definition) is 6. The van der Waals surface area contributed by atoms with Gasteiger partial charge in [0.05, 0.1) is 17.2 Å². The van der Waals surface area contributed by atoms with Crippen molar-refractivity contribution in [3.8, 4) is 6.07 Å². The maximum absolute atomic E-state index is 13.1. The molecule has 3 N–H and O–H groups in total. The Balaban J connectivity index is 1.33. The molecule has 3 aliphatic rings. The van der Waals surface area contributed by atoms with Crippen LogP contribution < -0.4 is 10.6 Å². The number of amides is 1. The predicted molar refractivity (Wildman–Crippen MR) is 119 cm³/mol. The van der Waals surface area contributed by atoms with E-state index in [2.05, 4.69) is 15.6 Å². The molecule has 1 aromatic carbocycles. The molecule has 2 aromatic heterocycles. The van der Waals surface area contributed by atoms with Gasteiger partial charge in [-0.05, 0) is 48.2 Å². The van der Waals surface area contributed by atoms with Crippen LogP contribution in [-0.4, -0.2) is 45.8 Å². The van der Waals surface area contributed by atoms with Crippen LogP contribution in [0.1, 0.15) is 40.0 Å². The molecule has 3 heterocycles. The van der Waals surface area contributed by atoms with Crippen molar-refractivity contribution in [3.05, 3.63) is 65.1 Å². The molecule has 0 unspecified atom stereocenters. The fourth-order valence-electron chi connectivity index (χ4n) is 5.15. The summed E-state index contributed by atoms with van der Waals surface area (Å²) in [5.74, 6) is -0.558. The maximum atomic E-state index is 13.1. The van der Waals surface area contributed by atoms with Gasteiger partial charge in [-0.3, -0.25) is 10.2 Å². The Morgan fingerprint density at radius 2 is 2.09 bits per heavy atom. The first-order chi connectivity index (χ1) is 15.7. The van der Waals surface area contributed by atoms with Gasteiger partial charge in [-0.15, -0.1) is 0 Å². The second kappa shape index (κ2) is 6.11. The molecule has 2 spiro atoms. The Morgan fingerprint density at radius 1 is 1.30 bits per heavy atom. The highest BCUT2D eigenvalue weighted by Crippen LogP contribution is 2.63. The number of aromatic nitrogens is 2.